The zero-order valence-corrected chi connectivity index (χ0v) is 18.5. The number of halogens is 2. The second-order valence-electron chi connectivity index (χ2n) is 5.84. The first-order valence-corrected chi connectivity index (χ1v) is 11.9. The summed E-state index contributed by atoms with van der Waals surface area (Å²) >= 11 is 14.5. The molecule has 1 aromatic carbocycles. The van der Waals surface area contributed by atoms with Gasteiger partial charge in [0.2, 0.25) is 14.8 Å². The average Bonchev–Trinajstić information content (AvgIpc) is 3.28. The van der Waals surface area contributed by atoms with Gasteiger partial charge in [0.1, 0.15) is 0 Å². The van der Waals surface area contributed by atoms with E-state index in [1.165, 1.54) is 41.2 Å². The lowest BCUT2D eigenvalue weighted by Gasteiger charge is -2.16. The van der Waals surface area contributed by atoms with Crippen molar-refractivity contribution in [3.63, 3.8) is 0 Å². The van der Waals surface area contributed by atoms with Crippen LogP contribution in [0.15, 0.2) is 50.1 Å². The molecule has 0 atom stereocenters. The third-order valence-corrected chi connectivity index (χ3v) is 8.38. The van der Waals surface area contributed by atoms with Gasteiger partial charge in [-0.05, 0) is 23.8 Å². The summed E-state index contributed by atoms with van der Waals surface area (Å²) in [5.74, 6) is -0.412. The number of pyridine rings is 1. The third-order valence-electron chi connectivity index (χ3n) is 4.01. The van der Waals surface area contributed by atoms with E-state index >= 15 is 0 Å². The summed E-state index contributed by atoms with van der Waals surface area (Å²) in [6.07, 6.45) is 4.46. The molecule has 4 rings (SSSR count). The maximum Gasteiger partial charge on any atom is 0.289 e. The van der Waals surface area contributed by atoms with Crippen molar-refractivity contribution in [2.45, 2.75) is 14.1 Å². The first kappa shape index (κ1) is 20.3. The lowest BCUT2D eigenvalue weighted by Crippen LogP contribution is -2.26. The van der Waals surface area contributed by atoms with Crippen LogP contribution in [0.5, 0.6) is 0 Å². The van der Waals surface area contributed by atoms with Gasteiger partial charge in [0.15, 0.2) is 4.34 Å². The summed E-state index contributed by atoms with van der Waals surface area (Å²) in [4.78, 5) is 18.8. The Morgan fingerprint density at radius 1 is 1.17 bits per heavy atom. The zero-order chi connectivity index (χ0) is 20.8. The van der Waals surface area contributed by atoms with E-state index in [1.54, 1.807) is 19.2 Å². The van der Waals surface area contributed by atoms with E-state index in [1.807, 2.05) is 0 Å². The molecule has 148 valence electrons. The minimum Gasteiger partial charge on any atom is -0.309 e. The molecule has 0 N–H and O–H groups in total. The molecular formula is C17H10Cl2N4O3S3. The van der Waals surface area contributed by atoms with E-state index in [9.17, 15) is 13.2 Å². The van der Waals surface area contributed by atoms with E-state index in [0.717, 1.165) is 16.7 Å². The van der Waals surface area contributed by atoms with E-state index in [-0.39, 0.29) is 9.90 Å². The summed E-state index contributed by atoms with van der Waals surface area (Å²) in [5.41, 5.74) is 1.03. The van der Waals surface area contributed by atoms with E-state index in [4.69, 9.17) is 23.2 Å². The predicted molar refractivity (Wildman–Crippen MR) is 114 cm³/mol. The number of fused-ring (bicyclic) bond motifs is 1. The normalized spacial score (nSPS) is 14.0. The minimum atomic E-state index is -3.47. The number of benzene rings is 1. The molecule has 1 aliphatic heterocycles. The summed E-state index contributed by atoms with van der Waals surface area (Å²) in [6, 6.07) is 4.80. The molecule has 0 radical (unpaired) electrons. The van der Waals surface area contributed by atoms with Gasteiger partial charge >= 0.3 is 0 Å². The van der Waals surface area contributed by atoms with Gasteiger partial charge in [0.25, 0.3) is 5.91 Å². The second kappa shape index (κ2) is 7.69. The fourth-order valence-corrected chi connectivity index (χ4v) is 6.12. The van der Waals surface area contributed by atoms with Gasteiger partial charge < -0.3 is 4.90 Å². The number of nitrogens with zero attached hydrogens (tertiary/aromatic N) is 4. The number of carbonyl (C=O) groups excluding carboxylic acids is 1. The first-order valence-electron chi connectivity index (χ1n) is 7.92. The lowest BCUT2D eigenvalue weighted by molar-refractivity contribution is 0.0992. The van der Waals surface area contributed by atoms with E-state index in [0.29, 0.717) is 30.5 Å². The summed E-state index contributed by atoms with van der Waals surface area (Å²) in [5, 5.41) is 9.99. The molecule has 3 heterocycles. The lowest BCUT2D eigenvalue weighted by atomic mass is 10.2. The molecule has 0 fully saturated rings. The van der Waals surface area contributed by atoms with Crippen LogP contribution in [0, 0.1) is 0 Å². The van der Waals surface area contributed by atoms with Gasteiger partial charge in [0, 0.05) is 30.5 Å². The van der Waals surface area contributed by atoms with E-state index in [2.05, 4.69) is 15.2 Å². The molecule has 12 heteroatoms. The zero-order valence-electron chi connectivity index (χ0n) is 14.5. The Morgan fingerprint density at radius 3 is 2.62 bits per heavy atom. The standard InChI is InChI=1S/C17H10Cl2N4O3S3/c1-23(10-3-2-9-4-5-29(25,26)13(9)6-10)16(24)15-21-22-17(28-15)27-14-11(18)7-20-8-12(14)19/h2-8H,1H3. The highest BCUT2D eigenvalue weighted by molar-refractivity contribution is 8.01. The van der Waals surface area contributed by atoms with Crippen molar-refractivity contribution in [3.8, 4) is 0 Å². The van der Waals surface area contributed by atoms with Gasteiger partial charge in [-0.15, -0.1) is 10.2 Å². The molecule has 1 aliphatic rings. The van der Waals surface area contributed by atoms with Gasteiger partial charge in [-0.25, -0.2) is 8.42 Å². The van der Waals surface area contributed by atoms with Crippen molar-refractivity contribution in [3.05, 3.63) is 56.6 Å². The Balaban J connectivity index is 1.57. The van der Waals surface area contributed by atoms with Crippen LogP contribution >= 0.6 is 46.3 Å². The molecule has 0 saturated heterocycles. The van der Waals surface area contributed by atoms with Crippen LogP contribution in [0.2, 0.25) is 10.0 Å². The van der Waals surface area contributed by atoms with Gasteiger partial charge in [0.05, 0.1) is 19.8 Å². The molecule has 7 nitrogen and oxygen atoms in total. The topological polar surface area (TPSA) is 93.1 Å². The molecular weight excluding hydrogens is 475 g/mol. The van der Waals surface area contributed by atoms with Crippen LogP contribution in [0.3, 0.4) is 0 Å². The molecule has 0 saturated carbocycles. The predicted octanol–water partition coefficient (Wildman–Crippen LogP) is 4.43. The van der Waals surface area contributed by atoms with Crippen molar-refractivity contribution in [2.24, 2.45) is 0 Å². The molecule has 0 bridgehead atoms. The number of rotatable bonds is 4. The van der Waals surface area contributed by atoms with Gasteiger partial charge in [-0.2, -0.15) is 0 Å². The molecule has 3 aromatic rings. The van der Waals surface area contributed by atoms with Crippen LogP contribution in [-0.4, -0.2) is 36.6 Å². The van der Waals surface area contributed by atoms with Crippen molar-refractivity contribution < 1.29 is 13.2 Å². The fourth-order valence-electron chi connectivity index (χ4n) is 2.53. The van der Waals surface area contributed by atoms with Crippen molar-refractivity contribution in [2.75, 3.05) is 11.9 Å². The fraction of sp³-hybridized carbons (Fsp3) is 0.0588. The summed E-state index contributed by atoms with van der Waals surface area (Å²) in [7, 11) is -1.92. The minimum absolute atomic E-state index is 0.151. The number of sulfone groups is 1. The number of carbonyl (C=O) groups is 1. The van der Waals surface area contributed by atoms with Crippen LogP contribution in [0.25, 0.3) is 6.08 Å². The van der Waals surface area contributed by atoms with Crippen LogP contribution in [0.4, 0.5) is 5.69 Å². The Labute approximate surface area is 184 Å². The van der Waals surface area contributed by atoms with Crippen molar-refractivity contribution >= 4 is 73.8 Å². The van der Waals surface area contributed by atoms with Crippen molar-refractivity contribution in [1.82, 2.24) is 15.2 Å². The summed E-state index contributed by atoms with van der Waals surface area (Å²) in [6.45, 7) is 0. The molecule has 2 aromatic heterocycles. The maximum absolute atomic E-state index is 12.8. The first-order chi connectivity index (χ1) is 13.8. The molecule has 0 unspecified atom stereocenters. The quantitative estimate of drug-likeness (QED) is 0.540. The van der Waals surface area contributed by atoms with Gasteiger partial charge in [-0.1, -0.05) is 52.4 Å². The Kier molecular flexibility index (Phi) is 5.38. The van der Waals surface area contributed by atoms with Crippen LogP contribution < -0.4 is 4.90 Å². The molecule has 29 heavy (non-hydrogen) atoms. The highest BCUT2D eigenvalue weighted by Gasteiger charge is 2.24. The maximum atomic E-state index is 12.8. The Morgan fingerprint density at radius 2 is 1.90 bits per heavy atom. The Hall–Kier alpha value is -1.98. The third kappa shape index (κ3) is 3.90. The van der Waals surface area contributed by atoms with Crippen molar-refractivity contribution in [1.29, 1.82) is 0 Å². The SMILES string of the molecule is CN(C(=O)c1nnc(Sc2c(Cl)cncc2Cl)s1)c1ccc2c(c1)S(=O)(=O)C=C2. The Bertz CT molecular complexity index is 1250. The highest BCUT2D eigenvalue weighted by atomic mass is 35.5. The highest BCUT2D eigenvalue weighted by Crippen LogP contribution is 2.39. The largest absolute Gasteiger partial charge is 0.309 e. The average molecular weight is 485 g/mol. The number of hydrogen-bond acceptors (Lipinski definition) is 8. The van der Waals surface area contributed by atoms with E-state index < -0.39 is 15.7 Å². The number of anilines is 1. The monoisotopic (exact) mass is 484 g/mol. The number of amides is 1. The van der Waals surface area contributed by atoms with Crippen LogP contribution in [0.1, 0.15) is 15.4 Å². The smallest absolute Gasteiger partial charge is 0.289 e. The summed E-state index contributed by atoms with van der Waals surface area (Å²) < 4.78 is 24.6. The van der Waals surface area contributed by atoms with Crippen LogP contribution in [-0.2, 0) is 9.84 Å². The van der Waals surface area contributed by atoms with Gasteiger partial charge in [-0.3, -0.25) is 9.78 Å². The number of aromatic nitrogens is 3. The molecule has 1 amide bonds. The molecule has 0 spiro atoms. The second-order valence-corrected chi connectivity index (χ2v) is 10.7. The number of hydrogen-bond donors (Lipinski definition) is 0. The molecule has 0 aliphatic carbocycles.